The van der Waals surface area contributed by atoms with E-state index in [1.54, 1.807) is 24.3 Å². The van der Waals surface area contributed by atoms with Gasteiger partial charge in [0.25, 0.3) is 0 Å². The Morgan fingerprint density at radius 2 is 1.92 bits per heavy atom. The molecule has 0 heterocycles. The molecule has 0 saturated carbocycles. The Labute approximate surface area is 153 Å². The molecule has 6 nitrogen and oxygen atoms in total. The molecule has 2 rings (SSSR count). The van der Waals surface area contributed by atoms with Crippen LogP contribution in [0.4, 0.5) is 0 Å². The number of phenols is 1. The summed E-state index contributed by atoms with van der Waals surface area (Å²) in [4.78, 5) is 11.4. The van der Waals surface area contributed by atoms with E-state index in [-0.39, 0.29) is 18.3 Å². The van der Waals surface area contributed by atoms with Gasteiger partial charge in [-0.3, -0.25) is 0 Å². The maximum Gasteiger partial charge on any atom is 0.337 e. The number of carbonyl (C=O) groups excluding carboxylic acids is 1. The molecule has 0 fully saturated rings. The van der Waals surface area contributed by atoms with Crippen LogP contribution >= 0.6 is 0 Å². The van der Waals surface area contributed by atoms with Gasteiger partial charge >= 0.3 is 5.97 Å². The van der Waals surface area contributed by atoms with Crippen LogP contribution in [0, 0.1) is 0 Å². The van der Waals surface area contributed by atoms with Gasteiger partial charge < -0.3 is 25.4 Å². The number of methoxy groups -OCH3 is 1. The third-order valence-electron chi connectivity index (χ3n) is 4.19. The lowest BCUT2D eigenvalue weighted by Gasteiger charge is -2.14. The first-order valence-corrected chi connectivity index (χ1v) is 8.54. The first-order valence-electron chi connectivity index (χ1n) is 8.54. The maximum absolute atomic E-state index is 11.4. The molecular weight excluding hydrogens is 334 g/mol. The predicted octanol–water partition coefficient (Wildman–Crippen LogP) is 1.93. The molecule has 0 spiro atoms. The average molecular weight is 359 g/mol. The molecule has 0 saturated heterocycles. The number of ether oxygens (including phenoxy) is 1. The molecule has 4 N–H and O–H groups in total. The molecule has 0 radical (unpaired) electrons. The van der Waals surface area contributed by atoms with Crippen molar-refractivity contribution < 1.29 is 24.9 Å². The van der Waals surface area contributed by atoms with Crippen LogP contribution in [-0.4, -0.2) is 41.5 Å². The fraction of sp³-hybridized carbons (Fsp3) is 0.350. The summed E-state index contributed by atoms with van der Waals surface area (Å²) in [5, 5.41) is 32.1. The quantitative estimate of drug-likeness (QED) is 0.403. The summed E-state index contributed by atoms with van der Waals surface area (Å²) in [6.45, 7) is 0.853. The smallest absolute Gasteiger partial charge is 0.337 e. The number of hydrogen-bond acceptors (Lipinski definition) is 6. The van der Waals surface area contributed by atoms with E-state index in [2.05, 4.69) is 10.1 Å². The normalized spacial score (nSPS) is 12.0. The summed E-state index contributed by atoms with van der Waals surface area (Å²) < 4.78 is 4.67. The maximum atomic E-state index is 11.4. The Balaban J connectivity index is 1.72. The van der Waals surface area contributed by atoms with Crippen molar-refractivity contribution in [3.8, 4) is 5.75 Å². The molecule has 6 heteroatoms. The first-order chi connectivity index (χ1) is 12.5. The molecule has 0 aliphatic heterocycles. The third-order valence-corrected chi connectivity index (χ3v) is 4.19. The van der Waals surface area contributed by atoms with Crippen molar-refractivity contribution in [3.63, 3.8) is 0 Å². The van der Waals surface area contributed by atoms with Gasteiger partial charge in [-0.25, -0.2) is 4.79 Å². The Morgan fingerprint density at radius 1 is 1.19 bits per heavy atom. The molecule has 0 aliphatic carbocycles. The molecule has 140 valence electrons. The topological polar surface area (TPSA) is 99.0 Å². The number of aliphatic hydroxyl groups is 2. The summed E-state index contributed by atoms with van der Waals surface area (Å²) in [6.07, 6.45) is 1.04. The largest absolute Gasteiger partial charge is 0.508 e. The van der Waals surface area contributed by atoms with E-state index in [0.717, 1.165) is 24.9 Å². The summed E-state index contributed by atoms with van der Waals surface area (Å²) in [7, 11) is 1.36. The minimum Gasteiger partial charge on any atom is -0.508 e. The lowest BCUT2D eigenvalue weighted by Crippen LogP contribution is -2.23. The second kappa shape index (κ2) is 9.91. The standard InChI is InChI=1S/C20H25NO5/c1-26-20(25)15-6-4-14(5-7-15)3-2-10-21-12-19(24)16-8-9-18(23)17(11-16)13-22/h4-9,11,19,21-24H,2-3,10,12-13H2,1H3. The fourth-order valence-electron chi connectivity index (χ4n) is 2.64. The van der Waals surface area contributed by atoms with Gasteiger partial charge in [0.2, 0.25) is 0 Å². The van der Waals surface area contributed by atoms with Gasteiger partial charge in [-0.05, 0) is 54.8 Å². The van der Waals surface area contributed by atoms with Crippen LogP contribution in [0.1, 0.15) is 39.6 Å². The van der Waals surface area contributed by atoms with Crippen LogP contribution in [-0.2, 0) is 17.8 Å². The molecule has 0 amide bonds. The summed E-state index contributed by atoms with van der Waals surface area (Å²) in [6, 6.07) is 12.0. The SMILES string of the molecule is COC(=O)c1ccc(CCCNCC(O)c2ccc(O)c(CO)c2)cc1. The van der Waals surface area contributed by atoms with E-state index in [1.807, 2.05) is 12.1 Å². The van der Waals surface area contributed by atoms with Crippen molar-refractivity contribution in [2.45, 2.75) is 25.6 Å². The molecule has 2 aromatic carbocycles. The molecule has 26 heavy (non-hydrogen) atoms. The molecular formula is C20H25NO5. The number of aryl methyl sites for hydroxylation is 1. The van der Waals surface area contributed by atoms with Gasteiger partial charge in [0.15, 0.2) is 0 Å². The zero-order valence-electron chi connectivity index (χ0n) is 14.8. The zero-order chi connectivity index (χ0) is 18.9. The van der Waals surface area contributed by atoms with E-state index in [9.17, 15) is 15.0 Å². The molecule has 0 aromatic heterocycles. The lowest BCUT2D eigenvalue weighted by molar-refractivity contribution is 0.0600. The third kappa shape index (κ3) is 5.56. The van der Waals surface area contributed by atoms with E-state index in [1.165, 1.54) is 13.2 Å². The lowest BCUT2D eigenvalue weighted by atomic mass is 10.0. The molecule has 2 aromatic rings. The van der Waals surface area contributed by atoms with Crippen molar-refractivity contribution in [2.24, 2.45) is 0 Å². The van der Waals surface area contributed by atoms with Crippen LogP contribution in [0.25, 0.3) is 0 Å². The second-order valence-corrected chi connectivity index (χ2v) is 6.06. The van der Waals surface area contributed by atoms with E-state index >= 15 is 0 Å². The van der Waals surface area contributed by atoms with Gasteiger partial charge in [0, 0.05) is 12.1 Å². The van der Waals surface area contributed by atoms with Crippen molar-refractivity contribution in [1.29, 1.82) is 0 Å². The van der Waals surface area contributed by atoms with E-state index in [4.69, 9.17) is 5.11 Å². The fourth-order valence-corrected chi connectivity index (χ4v) is 2.64. The number of esters is 1. The van der Waals surface area contributed by atoms with Gasteiger partial charge in [-0.2, -0.15) is 0 Å². The number of benzene rings is 2. The van der Waals surface area contributed by atoms with Crippen LogP contribution in [0.15, 0.2) is 42.5 Å². The van der Waals surface area contributed by atoms with Crippen molar-refractivity contribution in [1.82, 2.24) is 5.32 Å². The summed E-state index contributed by atoms with van der Waals surface area (Å²) >= 11 is 0. The summed E-state index contributed by atoms with van der Waals surface area (Å²) in [5.74, 6) is -0.319. The highest BCUT2D eigenvalue weighted by Gasteiger charge is 2.10. The van der Waals surface area contributed by atoms with Crippen LogP contribution in [0.5, 0.6) is 5.75 Å². The highest BCUT2D eigenvalue weighted by molar-refractivity contribution is 5.89. The molecule has 1 unspecified atom stereocenters. The summed E-state index contributed by atoms with van der Waals surface area (Å²) in [5.41, 5.74) is 2.72. The van der Waals surface area contributed by atoms with Gasteiger partial charge in [-0.1, -0.05) is 18.2 Å². The highest BCUT2D eigenvalue weighted by Crippen LogP contribution is 2.22. The van der Waals surface area contributed by atoms with Gasteiger partial charge in [-0.15, -0.1) is 0 Å². The minimum absolute atomic E-state index is 0.0228. The number of aliphatic hydroxyl groups excluding tert-OH is 2. The van der Waals surface area contributed by atoms with Crippen molar-refractivity contribution in [3.05, 3.63) is 64.7 Å². The van der Waals surface area contributed by atoms with Crippen LogP contribution < -0.4 is 5.32 Å². The van der Waals surface area contributed by atoms with Crippen LogP contribution in [0.2, 0.25) is 0 Å². The Bertz CT molecular complexity index is 715. The zero-order valence-corrected chi connectivity index (χ0v) is 14.8. The average Bonchev–Trinajstić information content (AvgIpc) is 2.67. The van der Waals surface area contributed by atoms with Crippen molar-refractivity contribution >= 4 is 5.97 Å². The Morgan fingerprint density at radius 3 is 2.58 bits per heavy atom. The van der Waals surface area contributed by atoms with Crippen molar-refractivity contribution in [2.75, 3.05) is 20.2 Å². The monoisotopic (exact) mass is 359 g/mol. The second-order valence-electron chi connectivity index (χ2n) is 6.06. The minimum atomic E-state index is -0.708. The Hall–Kier alpha value is -2.41. The van der Waals surface area contributed by atoms with Gasteiger partial charge in [0.05, 0.1) is 25.4 Å². The molecule has 0 aliphatic rings. The van der Waals surface area contributed by atoms with Gasteiger partial charge in [0.1, 0.15) is 5.75 Å². The molecule has 1 atom stereocenters. The predicted molar refractivity (Wildman–Crippen MR) is 98.0 cm³/mol. The molecule has 0 bridgehead atoms. The number of hydrogen-bond donors (Lipinski definition) is 4. The number of carbonyl (C=O) groups is 1. The highest BCUT2D eigenvalue weighted by atomic mass is 16.5. The van der Waals surface area contributed by atoms with E-state index < -0.39 is 6.10 Å². The Kier molecular flexibility index (Phi) is 7.59. The number of aromatic hydroxyl groups is 1. The first kappa shape index (κ1) is 19.9. The van der Waals surface area contributed by atoms with E-state index in [0.29, 0.717) is 23.2 Å². The number of nitrogens with one attached hydrogen (secondary N) is 1. The van der Waals surface area contributed by atoms with Crippen LogP contribution in [0.3, 0.4) is 0 Å². The number of rotatable bonds is 9.